The second kappa shape index (κ2) is 10.7. The van der Waals surface area contributed by atoms with Crippen LogP contribution >= 0.6 is 11.8 Å². The van der Waals surface area contributed by atoms with Gasteiger partial charge in [-0.1, -0.05) is 12.1 Å². The van der Waals surface area contributed by atoms with E-state index in [4.69, 9.17) is 4.42 Å². The molecule has 0 aliphatic carbocycles. The Morgan fingerprint density at radius 3 is 2.34 bits per heavy atom. The quantitative estimate of drug-likeness (QED) is 0.143. The van der Waals surface area contributed by atoms with Crippen molar-refractivity contribution in [3.63, 3.8) is 0 Å². The minimum atomic E-state index is -0.584. The maximum Gasteiger partial charge on any atom is 0.269 e. The zero-order valence-corrected chi connectivity index (χ0v) is 22.0. The lowest BCUT2D eigenvalue weighted by Gasteiger charge is -2.15. The summed E-state index contributed by atoms with van der Waals surface area (Å²) in [6, 6.07) is 26.6. The Morgan fingerprint density at radius 1 is 0.951 bits per heavy atom. The lowest BCUT2D eigenvalue weighted by molar-refractivity contribution is -0.384. The molecule has 1 atom stereocenters. The Hall–Kier alpha value is -5.29. The van der Waals surface area contributed by atoms with Gasteiger partial charge in [-0.25, -0.2) is 9.88 Å². The Bertz CT molecular complexity index is 1770. The summed E-state index contributed by atoms with van der Waals surface area (Å²) in [5.41, 5.74) is 3.34. The van der Waals surface area contributed by atoms with Crippen molar-refractivity contribution >= 4 is 57.6 Å². The molecule has 1 aromatic heterocycles. The number of nitro groups is 1. The highest BCUT2D eigenvalue weighted by atomic mass is 32.2. The number of anilines is 2. The number of carbonyl (C=O) groups is 3. The van der Waals surface area contributed by atoms with Crippen LogP contribution in [0.3, 0.4) is 0 Å². The molecule has 3 amide bonds. The molecule has 1 aliphatic heterocycles. The average molecular weight is 565 g/mol. The highest BCUT2D eigenvalue weighted by Gasteiger charge is 2.40. The van der Waals surface area contributed by atoms with Crippen molar-refractivity contribution < 1.29 is 23.7 Å². The van der Waals surface area contributed by atoms with Crippen molar-refractivity contribution in [3.05, 3.63) is 113 Å². The van der Waals surface area contributed by atoms with Crippen LogP contribution in [-0.4, -0.2) is 32.9 Å². The van der Waals surface area contributed by atoms with Crippen molar-refractivity contribution in [2.75, 3.05) is 10.2 Å². The van der Waals surface area contributed by atoms with Gasteiger partial charge in [0.1, 0.15) is 5.52 Å². The standard InChI is InChI=1S/C30H20N4O6S/c35-27-17-26(41-23-15-9-20(10-16-23)31-28(36)18-5-13-22(14-6-18)34(38)39)30(37)33(27)21-11-7-19(8-12-21)29-32-24-3-1-2-4-25(24)40-29/h1-16,26H,17H2,(H,31,36). The van der Waals surface area contributed by atoms with Crippen LogP contribution < -0.4 is 10.2 Å². The van der Waals surface area contributed by atoms with Gasteiger partial charge in [0.2, 0.25) is 17.7 Å². The number of hydrogen-bond acceptors (Lipinski definition) is 8. The molecule has 4 aromatic carbocycles. The van der Waals surface area contributed by atoms with E-state index in [1.165, 1.54) is 40.9 Å². The number of thioether (sulfide) groups is 1. The summed E-state index contributed by atoms with van der Waals surface area (Å²) in [6.07, 6.45) is 0.0645. The molecule has 0 saturated carbocycles. The monoisotopic (exact) mass is 564 g/mol. The topological polar surface area (TPSA) is 136 Å². The molecule has 202 valence electrons. The van der Waals surface area contributed by atoms with Gasteiger partial charge in [0.25, 0.3) is 11.6 Å². The maximum atomic E-state index is 13.2. The van der Waals surface area contributed by atoms with Gasteiger partial charge in [0.05, 0.1) is 15.9 Å². The van der Waals surface area contributed by atoms with E-state index >= 15 is 0 Å². The normalized spacial score (nSPS) is 14.9. The molecule has 1 saturated heterocycles. The first-order valence-electron chi connectivity index (χ1n) is 12.5. The molecule has 2 heterocycles. The predicted molar refractivity (Wildman–Crippen MR) is 154 cm³/mol. The van der Waals surface area contributed by atoms with Crippen molar-refractivity contribution in [1.82, 2.24) is 4.98 Å². The van der Waals surface area contributed by atoms with E-state index in [2.05, 4.69) is 10.3 Å². The number of imide groups is 1. The minimum Gasteiger partial charge on any atom is -0.436 e. The van der Waals surface area contributed by atoms with E-state index in [1.54, 1.807) is 48.5 Å². The summed E-state index contributed by atoms with van der Waals surface area (Å²) in [4.78, 5) is 55.2. The number of benzene rings is 4. The number of aromatic nitrogens is 1. The van der Waals surface area contributed by atoms with Crippen LogP contribution in [0, 0.1) is 10.1 Å². The number of para-hydroxylation sites is 2. The lowest BCUT2D eigenvalue weighted by atomic mass is 10.2. The molecule has 1 aliphatic rings. The predicted octanol–water partition coefficient (Wildman–Crippen LogP) is 6.08. The van der Waals surface area contributed by atoms with Gasteiger partial charge >= 0.3 is 0 Å². The zero-order chi connectivity index (χ0) is 28.5. The van der Waals surface area contributed by atoms with E-state index in [1.807, 2.05) is 24.3 Å². The SMILES string of the molecule is O=C(Nc1ccc(SC2CC(=O)N(c3ccc(-c4nc5ccccc5o4)cc3)C2=O)cc1)c1ccc([N+](=O)[O-])cc1. The largest absolute Gasteiger partial charge is 0.436 e. The fourth-order valence-electron chi connectivity index (χ4n) is 4.44. The van der Waals surface area contributed by atoms with Gasteiger partial charge in [-0.2, -0.15) is 0 Å². The molecule has 1 fully saturated rings. The van der Waals surface area contributed by atoms with Crippen LogP contribution in [0.4, 0.5) is 17.1 Å². The summed E-state index contributed by atoms with van der Waals surface area (Å²) in [7, 11) is 0. The first-order chi connectivity index (χ1) is 19.9. The molecule has 41 heavy (non-hydrogen) atoms. The van der Waals surface area contributed by atoms with Crippen LogP contribution in [0.5, 0.6) is 0 Å². The fraction of sp³-hybridized carbons (Fsp3) is 0.0667. The number of non-ortho nitro benzene ring substituents is 1. The molecule has 0 spiro atoms. The van der Waals surface area contributed by atoms with Crippen LogP contribution in [0.15, 0.2) is 106 Å². The molecule has 0 bridgehead atoms. The number of amides is 3. The van der Waals surface area contributed by atoms with Crippen molar-refractivity contribution in [2.24, 2.45) is 0 Å². The smallest absolute Gasteiger partial charge is 0.269 e. The summed E-state index contributed by atoms with van der Waals surface area (Å²) in [5.74, 6) is -0.536. The van der Waals surface area contributed by atoms with Crippen molar-refractivity contribution in [2.45, 2.75) is 16.6 Å². The number of nitro benzene ring substituents is 1. The molecule has 10 nitrogen and oxygen atoms in total. The van der Waals surface area contributed by atoms with E-state index in [-0.39, 0.29) is 29.5 Å². The Kier molecular flexibility index (Phi) is 6.78. The van der Waals surface area contributed by atoms with Crippen LogP contribution in [0.1, 0.15) is 16.8 Å². The number of fused-ring (bicyclic) bond motifs is 1. The van der Waals surface area contributed by atoms with Gasteiger partial charge in [-0.3, -0.25) is 24.5 Å². The summed E-state index contributed by atoms with van der Waals surface area (Å²) >= 11 is 1.28. The number of nitrogens with zero attached hydrogens (tertiary/aromatic N) is 3. The minimum absolute atomic E-state index is 0.0645. The average Bonchev–Trinajstić information content (AvgIpc) is 3.54. The second-order valence-electron chi connectivity index (χ2n) is 9.19. The Labute approximate surface area is 237 Å². The molecule has 0 radical (unpaired) electrons. The number of nitrogens with one attached hydrogen (secondary N) is 1. The molecule has 1 unspecified atom stereocenters. The third-order valence-electron chi connectivity index (χ3n) is 6.50. The maximum absolute atomic E-state index is 13.2. The van der Waals surface area contributed by atoms with Crippen LogP contribution in [0.25, 0.3) is 22.6 Å². The fourth-order valence-corrected chi connectivity index (χ4v) is 5.49. The van der Waals surface area contributed by atoms with E-state index in [0.29, 0.717) is 22.8 Å². The zero-order valence-electron chi connectivity index (χ0n) is 21.2. The Morgan fingerprint density at radius 2 is 1.66 bits per heavy atom. The number of rotatable bonds is 7. The molecule has 1 N–H and O–H groups in total. The van der Waals surface area contributed by atoms with Crippen molar-refractivity contribution in [1.29, 1.82) is 0 Å². The van der Waals surface area contributed by atoms with E-state index in [0.717, 1.165) is 16.0 Å². The van der Waals surface area contributed by atoms with Crippen molar-refractivity contribution in [3.8, 4) is 11.5 Å². The van der Waals surface area contributed by atoms with Gasteiger partial charge in [-0.05, 0) is 72.8 Å². The summed E-state index contributed by atoms with van der Waals surface area (Å²) in [6.45, 7) is 0. The second-order valence-corrected chi connectivity index (χ2v) is 10.5. The van der Waals surface area contributed by atoms with Crippen LogP contribution in [0.2, 0.25) is 0 Å². The number of carbonyl (C=O) groups excluding carboxylic acids is 3. The third kappa shape index (κ3) is 5.30. The van der Waals surface area contributed by atoms with Gasteiger partial charge in [-0.15, -0.1) is 11.8 Å². The lowest BCUT2D eigenvalue weighted by Crippen LogP contribution is -2.31. The summed E-state index contributed by atoms with van der Waals surface area (Å²) in [5, 5.41) is 13.0. The van der Waals surface area contributed by atoms with Gasteiger partial charge < -0.3 is 9.73 Å². The van der Waals surface area contributed by atoms with Gasteiger partial charge in [0.15, 0.2) is 5.58 Å². The van der Waals surface area contributed by atoms with E-state index in [9.17, 15) is 24.5 Å². The molecular weight excluding hydrogens is 544 g/mol. The van der Waals surface area contributed by atoms with Gasteiger partial charge in [0, 0.05) is 40.3 Å². The first kappa shape index (κ1) is 26.0. The highest BCUT2D eigenvalue weighted by Crippen LogP contribution is 2.35. The highest BCUT2D eigenvalue weighted by molar-refractivity contribution is 8.00. The molecular formula is C30H20N4O6S. The molecule has 6 rings (SSSR count). The summed E-state index contributed by atoms with van der Waals surface area (Å²) < 4.78 is 5.80. The number of hydrogen-bond donors (Lipinski definition) is 1. The molecule has 5 aromatic rings. The third-order valence-corrected chi connectivity index (χ3v) is 7.70. The first-order valence-corrected chi connectivity index (χ1v) is 13.4. The van der Waals surface area contributed by atoms with Crippen LogP contribution in [-0.2, 0) is 9.59 Å². The van der Waals surface area contributed by atoms with E-state index < -0.39 is 16.1 Å². The number of oxazole rings is 1. The Balaban J connectivity index is 1.09. The molecule has 11 heteroatoms.